The van der Waals surface area contributed by atoms with E-state index in [-0.39, 0.29) is 0 Å². The molecule has 1 fully saturated rings. The average Bonchev–Trinajstić information content (AvgIpc) is 2.54. The van der Waals surface area contributed by atoms with Crippen molar-refractivity contribution in [1.29, 1.82) is 5.26 Å². The van der Waals surface area contributed by atoms with E-state index in [0.717, 1.165) is 30.9 Å². The zero-order chi connectivity index (χ0) is 12.5. The zero-order valence-electron chi connectivity index (χ0n) is 9.81. The van der Waals surface area contributed by atoms with Crippen LogP contribution in [0.4, 0.5) is 10.8 Å². The van der Waals surface area contributed by atoms with Gasteiger partial charge in [0.1, 0.15) is 16.6 Å². The normalized spacial score (nSPS) is 25.4. The first-order valence-electron chi connectivity index (χ1n) is 5.66. The highest BCUT2D eigenvalue weighted by atomic mass is 32.1. The van der Waals surface area contributed by atoms with E-state index in [0.29, 0.717) is 17.8 Å². The van der Waals surface area contributed by atoms with Crippen LogP contribution < -0.4 is 10.6 Å². The molecule has 2 heterocycles. The number of anilines is 2. The second-order valence-corrected chi connectivity index (χ2v) is 5.45. The largest absolute Gasteiger partial charge is 0.390 e. The summed E-state index contributed by atoms with van der Waals surface area (Å²) in [5.41, 5.74) is 5.52. The van der Waals surface area contributed by atoms with E-state index < -0.39 is 5.60 Å². The topological polar surface area (TPSA) is 86.2 Å². The number of aliphatic hydroxyl groups is 1. The number of nitriles is 1. The highest BCUT2D eigenvalue weighted by Crippen LogP contribution is 2.32. The van der Waals surface area contributed by atoms with E-state index in [2.05, 4.69) is 15.3 Å². The molecule has 0 saturated carbocycles. The Morgan fingerprint density at radius 1 is 1.53 bits per heavy atom. The Bertz CT molecular complexity index is 449. The molecule has 2 rings (SSSR count). The molecule has 92 valence electrons. The van der Waals surface area contributed by atoms with Gasteiger partial charge in [-0.15, -0.1) is 0 Å². The van der Waals surface area contributed by atoms with E-state index in [9.17, 15) is 5.11 Å². The molecule has 1 aromatic heterocycles. The van der Waals surface area contributed by atoms with Gasteiger partial charge in [-0.05, 0) is 37.7 Å². The van der Waals surface area contributed by atoms with E-state index in [1.54, 1.807) is 0 Å². The fourth-order valence-electron chi connectivity index (χ4n) is 2.08. The van der Waals surface area contributed by atoms with Gasteiger partial charge in [-0.25, -0.2) is 0 Å². The van der Waals surface area contributed by atoms with Crippen molar-refractivity contribution in [3.8, 4) is 6.07 Å². The first-order valence-corrected chi connectivity index (χ1v) is 6.43. The Morgan fingerprint density at radius 2 is 2.29 bits per heavy atom. The fourth-order valence-corrected chi connectivity index (χ4v) is 2.90. The maximum absolute atomic E-state index is 10.0. The Morgan fingerprint density at radius 3 is 3.00 bits per heavy atom. The Labute approximate surface area is 105 Å². The lowest BCUT2D eigenvalue weighted by atomic mass is 9.98. The second-order valence-electron chi connectivity index (χ2n) is 4.70. The summed E-state index contributed by atoms with van der Waals surface area (Å²) in [6.07, 6.45) is 2.41. The van der Waals surface area contributed by atoms with Crippen molar-refractivity contribution in [3.05, 3.63) is 5.56 Å². The summed E-state index contributed by atoms with van der Waals surface area (Å²) in [5.74, 6) is 0.309. The number of nitrogens with zero attached hydrogens (tertiary/aromatic N) is 3. The summed E-state index contributed by atoms with van der Waals surface area (Å²) in [6, 6.07) is 2.10. The van der Waals surface area contributed by atoms with Crippen LogP contribution in [-0.4, -0.2) is 28.2 Å². The zero-order valence-corrected chi connectivity index (χ0v) is 10.6. The molecule has 1 atom stereocenters. The molecule has 1 saturated heterocycles. The molecule has 6 heteroatoms. The van der Waals surface area contributed by atoms with Crippen molar-refractivity contribution in [3.63, 3.8) is 0 Å². The Kier molecular flexibility index (Phi) is 3.22. The highest BCUT2D eigenvalue weighted by molar-refractivity contribution is 7.10. The number of hydrogen-bond acceptors (Lipinski definition) is 6. The molecule has 1 aliphatic heterocycles. The summed E-state index contributed by atoms with van der Waals surface area (Å²) < 4.78 is 4.02. The number of rotatable bonds is 1. The summed E-state index contributed by atoms with van der Waals surface area (Å²) in [5, 5.41) is 19.9. The maximum Gasteiger partial charge on any atom is 0.157 e. The molecule has 0 bridgehead atoms. The van der Waals surface area contributed by atoms with E-state index >= 15 is 0 Å². The van der Waals surface area contributed by atoms with Crippen LogP contribution >= 0.6 is 11.5 Å². The molecule has 0 aliphatic carbocycles. The monoisotopic (exact) mass is 252 g/mol. The lowest BCUT2D eigenvalue weighted by Gasteiger charge is -2.22. The minimum absolute atomic E-state index is 0.309. The van der Waals surface area contributed by atoms with Crippen molar-refractivity contribution in [2.24, 2.45) is 0 Å². The number of nitrogens with two attached hydrogens (primary N) is 1. The van der Waals surface area contributed by atoms with Gasteiger partial charge in [0.25, 0.3) is 0 Å². The van der Waals surface area contributed by atoms with Crippen LogP contribution in [0.1, 0.15) is 31.7 Å². The smallest absolute Gasteiger partial charge is 0.157 e. The van der Waals surface area contributed by atoms with Gasteiger partial charge in [-0.2, -0.15) is 9.64 Å². The van der Waals surface area contributed by atoms with Gasteiger partial charge >= 0.3 is 0 Å². The predicted molar refractivity (Wildman–Crippen MR) is 67.9 cm³/mol. The van der Waals surface area contributed by atoms with Crippen LogP contribution in [0.15, 0.2) is 0 Å². The molecule has 0 amide bonds. The minimum Gasteiger partial charge on any atom is -0.390 e. The molecule has 1 unspecified atom stereocenters. The molecule has 0 radical (unpaired) electrons. The Hall–Kier alpha value is -1.32. The molecule has 1 aliphatic rings. The minimum atomic E-state index is -0.599. The van der Waals surface area contributed by atoms with Gasteiger partial charge < -0.3 is 15.7 Å². The van der Waals surface area contributed by atoms with Crippen LogP contribution in [-0.2, 0) is 0 Å². The van der Waals surface area contributed by atoms with Crippen molar-refractivity contribution < 1.29 is 5.11 Å². The van der Waals surface area contributed by atoms with Crippen molar-refractivity contribution in [2.45, 2.75) is 31.8 Å². The number of hydrogen-bond donors (Lipinski definition) is 2. The third-order valence-electron chi connectivity index (χ3n) is 3.16. The van der Waals surface area contributed by atoms with Crippen molar-refractivity contribution in [1.82, 2.24) is 4.37 Å². The first kappa shape index (κ1) is 12.1. The van der Waals surface area contributed by atoms with Crippen molar-refractivity contribution in [2.75, 3.05) is 23.7 Å². The number of aromatic nitrogens is 1. The third-order valence-corrected chi connectivity index (χ3v) is 4.09. The Balaban J connectivity index is 2.20. The predicted octanol–water partition coefficient (Wildman–Crippen LogP) is 1.34. The SMILES string of the molecule is CC1(O)CCCN(c2snc(N)c2C#N)CC1. The molecule has 17 heavy (non-hydrogen) atoms. The van der Waals surface area contributed by atoms with Gasteiger partial charge in [-0.3, -0.25) is 0 Å². The number of nitrogen functional groups attached to an aromatic ring is 1. The van der Waals surface area contributed by atoms with Crippen LogP contribution in [0.5, 0.6) is 0 Å². The third kappa shape index (κ3) is 2.51. The molecule has 3 N–H and O–H groups in total. The van der Waals surface area contributed by atoms with Crippen LogP contribution in [0, 0.1) is 11.3 Å². The van der Waals surface area contributed by atoms with Crippen molar-refractivity contribution >= 4 is 22.4 Å². The van der Waals surface area contributed by atoms with Gasteiger partial charge in [0.05, 0.1) is 5.60 Å². The summed E-state index contributed by atoms with van der Waals surface area (Å²) in [7, 11) is 0. The highest BCUT2D eigenvalue weighted by Gasteiger charge is 2.27. The molecular formula is C11H16N4OS. The van der Waals surface area contributed by atoms with Gasteiger partial charge in [0.2, 0.25) is 0 Å². The second kappa shape index (κ2) is 4.51. The van der Waals surface area contributed by atoms with E-state index in [4.69, 9.17) is 11.0 Å². The van der Waals surface area contributed by atoms with Gasteiger partial charge in [0.15, 0.2) is 5.82 Å². The van der Waals surface area contributed by atoms with Crippen LogP contribution in [0.3, 0.4) is 0 Å². The van der Waals surface area contributed by atoms with Gasteiger partial charge in [0, 0.05) is 13.1 Å². The summed E-state index contributed by atoms with van der Waals surface area (Å²) in [4.78, 5) is 2.11. The first-order chi connectivity index (χ1) is 8.03. The maximum atomic E-state index is 10.0. The standard InChI is InChI=1S/C11H16N4OS/c1-11(16)3-2-5-15(6-4-11)10-8(7-12)9(13)14-17-10/h16H,2-6H2,1H3,(H2,13,14). The molecule has 5 nitrogen and oxygen atoms in total. The van der Waals surface area contributed by atoms with E-state index in [1.807, 2.05) is 6.92 Å². The molecule has 0 spiro atoms. The molecule has 0 aromatic carbocycles. The lowest BCUT2D eigenvalue weighted by Crippen LogP contribution is -2.28. The van der Waals surface area contributed by atoms with Crippen LogP contribution in [0.25, 0.3) is 0 Å². The summed E-state index contributed by atoms with van der Waals surface area (Å²) >= 11 is 1.26. The van der Waals surface area contributed by atoms with Crippen LogP contribution in [0.2, 0.25) is 0 Å². The summed E-state index contributed by atoms with van der Waals surface area (Å²) in [6.45, 7) is 3.44. The average molecular weight is 252 g/mol. The van der Waals surface area contributed by atoms with E-state index in [1.165, 1.54) is 11.5 Å². The molecule has 1 aromatic rings. The lowest BCUT2D eigenvalue weighted by molar-refractivity contribution is 0.0481. The van der Waals surface area contributed by atoms with Gasteiger partial charge in [-0.1, -0.05) is 0 Å². The fraction of sp³-hybridized carbons (Fsp3) is 0.636. The molecular weight excluding hydrogens is 236 g/mol. The quantitative estimate of drug-likeness (QED) is 0.787.